The van der Waals surface area contributed by atoms with E-state index in [4.69, 9.17) is 9.47 Å². The van der Waals surface area contributed by atoms with Crippen LogP contribution in [0.4, 0.5) is 5.69 Å². The molecule has 1 saturated heterocycles. The van der Waals surface area contributed by atoms with Gasteiger partial charge in [0, 0.05) is 6.07 Å². The molecule has 6 heteroatoms. The fraction of sp³-hybridized carbons (Fsp3) is 0.273. The van der Waals surface area contributed by atoms with E-state index < -0.39 is 0 Å². The van der Waals surface area contributed by atoms with Crippen molar-refractivity contribution >= 4 is 28.5 Å². The Morgan fingerprint density at radius 2 is 2.18 bits per heavy atom. The first kappa shape index (κ1) is 11.8. The van der Waals surface area contributed by atoms with Gasteiger partial charge in [0.25, 0.3) is 0 Å². The van der Waals surface area contributed by atoms with Crippen molar-refractivity contribution in [2.75, 3.05) is 20.0 Å². The van der Waals surface area contributed by atoms with Crippen molar-refractivity contribution in [3.8, 4) is 11.5 Å². The molecule has 90 valence electrons. The van der Waals surface area contributed by atoms with Crippen molar-refractivity contribution in [2.24, 2.45) is 4.99 Å². The van der Waals surface area contributed by atoms with Crippen LogP contribution in [0.1, 0.15) is 0 Å². The number of nitrogens with zero attached hydrogens (tertiary/aromatic N) is 1. The lowest BCUT2D eigenvalue weighted by Gasteiger charge is -2.07. The van der Waals surface area contributed by atoms with Crippen LogP contribution in [0.25, 0.3) is 0 Å². The number of nitrogens with one attached hydrogen (secondary N) is 1. The molecule has 2 rings (SSSR count). The van der Waals surface area contributed by atoms with Crippen molar-refractivity contribution in [3.63, 3.8) is 0 Å². The van der Waals surface area contributed by atoms with Gasteiger partial charge in [-0.1, -0.05) is 11.8 Å². The van der Waals surface area contributed by atoms with Crippen LogP contribution in [-0.2, 0) is 4.79 Å². The van der Waals surface area contributed by atoms with Gasteiger partial charge in [0.15, 0.2) is 5.17 Å². The molecule has 17 heavy (non-hydrogen) atoms. The SMILES string of the molecule is COc1ccc(N=C2NC(=O)CS2)c(OC)c1. The fourth-order valence-corrected chi connectivity index (χ4v) is 2.06. The zero-order valence-electron chi connectivity index (χ0n) is 9.52. The number of rotatable bonds is 3. The number of aliphatic imine (C=N–C) groups is 1. The molecular weight excluding hydrogens is 240 g/mol. The standard InChI is InChI=1S/C11H12N2O3S/c1-15-7-3-4-8(9(5-7)16-2)12-11-13-10(14)6-17-11/h3-5H,6H2,1-2H3,(H,12,13,14). The summed E-state index contributed by atoms with van der Waals surface area (Å²) in [4.78, 5) is 15.4. The van der Waals surface area contributed by atoms with Crippen LogP contribution in [-0.4, -0.2) is 31.0 Å². The van der Waals surface area contributed by atoms with Crippen molar-refractivity contribution in [2.45, 2.75) is 0 Å². The minimum atomic E-state index is -0.0266. The number of amidine groups is 1. The topological polar surface area (TPSA) is 59.9 Å². The van der Waals surface area contributed by atoms with Crippen LogP contribution < -0.4 is 14.8 Å². The molecule has 1 amide bonds. The number of methoxy groups -OCH3 is 2. The highest BCUT2D eigenvalue weighted by Gasteiger charge is 2.17. The van der Waals surface area contributed by atoms with E-state index in [1.807, 2.05) is 0 Å². The average Bonchev–Trinajstić information content (AvgIpc) is 2.75. The van der Waals surface area contributed by atoms with Gasteiger partial charge in [-0.2, -0.15) is 0 Å². The lowest BCUT2D eigenvalue weighted by molar-refractivity contribution is -0.116. The third-order valence-electron chi connectivity index (χ3n) is 2.20. The molecule has 0 aromatic heterocycles. The van der Waals surface area contributed by atoms with Gasteiger partial charge in [0.1, 0.15) is 17.2 Å². The molecule has 0 bridgehead atoms. The first-order chi connectivity index (χ1) is 8.22. The molecular formula is C11H12N2O3S. The number of carbonyl (C=O) groups excluding carboxylic acids is 1. The zero-order chi connectivity index (χ0) is 12.3. The number of carbonyl (C=O) groups is 1. The number of benzene rings is 1. The average molecular weight is 252 g/mol. The van der Waals surface area contributed by atoms with Crippen molar-refractivity contribution in [1.29, 1.82) is 0 Å². The first-order valence-corrected chi connectivity index (χ1v) is 5.95. The number of amides is 1. The van der Waals surface area contributed by atoms with Gasteiger partial charge in [0.2, 0.25) is 5.91 Å². The molecule has 0 spiro atoms. The Hall–Kier alpha value is -1.69. The number of hydrogen-bond acceptors (Lipinski definition) is 5. The maximum absolute atomic E-state index is 11.0. The Balaban J connectivity index is 2.29. The highest BCUT2D eigenvalue weighted by Crippen LogP contribution is 2.32. The Kier molecular flexibility index (Phi) is 3.53. The summed E-state index contributed by atoms with van der Waals surface area (Å²) in [5.74, 6) is 1.70. The molecule has 1 aliphatic heterocycles. The quantitative estimate of drug-likeness (QED) is 0.886. The zero-order valence-corrected chi connectivity index (χ0v) is 10.3. The van der Waals surface area contributed by atoms with E-state index in [1.54, 1.807) is 32.4 Å². The van der Waals surface area contributed by atoms with Crippen LogP contribution >= 0.6 is 11.8 Å². The fourth-order valence-electron chi connectivity index (χ4n) is 1.37. The summed E-state index contributed by atoms with van der Waals surface area (Å²) in [5, 5.41) is 3.27. The van der Waals surface area contributed by atoms with Gasteiger partial charge in [-0.05, 0) is 12.1 Å². The van der Waals surface area contributed by atoms with Crippen LogP contribution in [0.15, 0.2) is 23.2 Å². The van der Waals surface area contributed by atoms with Gasteiger partial charge < -0.3 is 14.8 Å². The molecule has 0 saturated carbocycles. The van der Waals surface area contributed by atoms with Gasteiger partial charge in [-0.15, -0.1) is 0 Å². The molecule has 0 radical (unpaired) electrons. The van der Waals surface area contributed by atoms with Crippen LogP contribution in [0, 0.1) is 0 Å². The molecule has 1 fully saturated rings. The molecule has 1 aromatic rings. The highest BCUT2D eigenvalue weighted by atomic mass is 32.2. The van der Waals surface area contributed by atoms with E-state index in [0.717, 1.165) is 0 Å². The largest absolute Gasteiger partial charge is 0.497 e. The molecule has 1 heterocycles. The normalized spacial score (nSPS) is 17.1. The van der Waals surface area contributed by atoms with Gasteiger partial charge in [-0.25, -0.2) is 4.99 Å². The van der Waals surface area contributed by atoms with Gasteiger partial charge in [-0.3, -0.25) is 4.79 Å². The Bertz CT molecular complexity index is 474. The third-order valence-corrected chi connectivity index (χ3v) is 3.07. The van der Waals surface area contributed by atoms with Crippen molar-refractivity contribution in [3.05, 3.63) is 18.2 Å². The van der Waals surface area contributed by atoms with Gasteiger partial charge >= 0.3 is 0 Å². The van der Waals surface area contributed by atoms with E-state index in [-0.39, 0.29) is 5.91 Å². The minimum Gasteiger partial charge on any atom is -0.497 e. The lowest BCUT2D eigenvalue weighted by atomic mass is 10.3. The van der Waals surface area contributed by atoms with Crippen molar-refractivity contribution < 1.29 is 14.3 Å². The molecule has 0 atom stereocenters. The molecule has 1 aromatic carbocycles. The molecule has 0 unspecified atom stereocenters. The lowest BCUT2D eigenvalue weighted by Crippen LogP contribution is -2.19. The van der Waals surface area contributed by atoms with E-state index in [2.05, 4.69) is 10.3 Å². The summed E-state index contributed by atoms with van der Waals surface area (Å²) in [6, 6.07) is 5.33. The Morgan fingerprint density at radius 1 is 1.35 bits per heavy atom. The summed E-state index contributed by atoms with van der Waals surface area (Å²) < 4.78 is 10.3. The number of hydrogen-bond donors (Lipinski definition) is 1. The van der Waals surface area contributed by atoms with E-state index >= 15 is 0 Å². The summed E-state index contributed by atoms with van der Waals surface area (Å²) >= 11 is 1.38. The smallest absolute Gasteiger partial charge is 0.236 e. The predicted octanol–water partition coefficient (Wildman–Crippen LogP) is 1.55. The highest BCUT2D eigenvalue weighted by molar-refractivity contribution is 8.15. The maximum atomic E-state index is 11.0. The second kappa shape index (κ2) is 5.09. The third kappa shape index (κ3) is 2.71. The summed E-state index contributed by atoms with van der Waals surface area (Å²) in [7, 11) is 3.16. The maximum Gasteiger partial charge on any atom is 0.236 e. The van der Waals surface area contributed by atoms with Crippen LogP contribution in [0.2, 0.25) is 0 Å². The van der Waals surface area contributed by atoms with Crippen molar-refractivity contribution in [1.82, 2.24) is 5.32 Å². The predicted molar refractivity (Wildman–Crippen MR) is 67.2 cm³/mol. The van der Waals surface area contributed by atoms with Gasteiger partial charge in [0.05, 0.1) is 20.0 Å². The molecule has 1 N–H and O–H groups in total. The Morgan fingerprint density at radius 3 is 2.76 bits per heavy atom. The summed E-state index contributed by atoms with van der Waals surface area (Å²) in [6.45, 7) is 0. The minimum absolute atomic E-state index is 0.0266. The first-order valence-electron chi connectivity index (χ1n) is 4.96. The Labute approximate surface area is 103 Å². The molecule has 1 aliphatic rings. The van der Waals surface area contributed by atoms with E-state index in [9.17, 15) is 4.79 Å². The molecule has 5 nitrogen and oxygen atoms in total. The van der Waals surface area contributed by atoms with E-state index in [1.165, 1.54) is 11.8 Å². The number of thioether (sulfide) groups is 1. The second-order valence-electron chi connectivity index (χ2n) is 3.29. The van der Waals surface area contributed by atoms with Crippen LogP contribution in [0.3, 0.4) is 0 Å². The molecule has 0 aliphatic carbocycles. The van der Waals surface area contributed by atoms with E-state index in [0.29, 0.717) is 28.1 Å². The summed E-state index contributed by atoms with van der Waals surface area (Å²) in [5.41, 5.74) is 0.665. The second-order valence-corrected chi connectivity index (χ2v) is 4.26. The summed E-state index contributed by atoms with van der Waals surface area (Å²) in [6.07, 6.45) is 0. The number of ether oxygens (including phenoxy) is 2. The monoisotopic (exact) mass is 252 g/mol. The van der Waals surface area contributed by atoms with Crippen LogP contribution in [0.5, 0.6) is 11.5 Å².